The van der Waals surface area contributed by atoms with Gasteiger partial charge >= 0.3 is 6.03 Å². The van der Waals surface area contributed by atoms with E-state index >= 15 is 0 Å². The van der Waals surface area contributed by atoms with Gasteiger partial charge in [0.1, 0.15) is 0 Å². The number of amides is 2. The molecule has 1 aliphatic rings. The van der Waals surface area contributed by atoms with Gasteiger partial charge in [0.05, 0.1) is 13.2 Å². The first-order chi connectivity index (χ1) is 9.00. The lowest BCUT2D eigenvalue weighted by atomic mass is 10.0. The molecule has 0 aromatic carbocycles. The third kappa shape index (κ3) is 6.25. The van der Waals surface area contributed by atoms with Crippen LogP contribution in [0.15, 0.2) is 0 Å². The highest BCUT2D eigenvalue weighted by Crippen LogP contribution is 2.12. The van der Waals surface area contributed by atoms with Gasteiger partial charge in [-0.2, -0.15) is 0 Å². The second-order valence-electron chi connectivity index (χ2n) is 5.94. The van der Waals surface area contributed by atoms with Crippen molar-refractivity contribution in [2.75, 3.05) is 39.4 Å². The van der Waals surface area contributed by atoms with Gasteiger partial charge in [-0.25, -0.2) is 4.79 Å². The molecule has 19 heavy (non-hydrogen) atoms. The Balaban J connectivity index is 2.34. The summed E-state index contributed by atoms with van der Waals surface area (Å²) in [6.07, 6.45) is 0. The molecule has 2 amide bonds. The van der Waals surface area contributed by atoms with Gasteiger partial charge in [0.2, 0.25) is 0 Å². The number of nitrogens with zero attached hydrogens (tertiary/aromatic N) is 1. The number of hydrogen-bond donors (Lipinski definition) is 2. The Morgan fingerprint density at radius 2 is 1.68 bits per heavy atom. The Morgan fingerprint density at radius 3 is 2.21 bits per heavy atom. The maximum atomic E-state index is 11.7. The fraction of sp³-hybridized carbons (Fsp3) is 0.929. The van der Waals surface area contributed by atoms with Crippen molar-refractivity contribution >= 4 is 6.03 Å². The van der Waals surface area contributed by atoms with Crippen molar-refractivity contribution in [2.45, 2.75) is 33.7 Å². The average molecular weight is 271 g/mol. The Kier molecular flexibility index (Phi) is 7.16. The van der Waals surface area contributed by atoms with Crippen LogP contribution in [0.4, 0.5) is 4.79 Å². The molecule has 1 aliphatic heterocycles. The SMILES string of the molecule is CC(C)CNC(=O)NCC(C(C)C)N1CCOCC1. The van der Waals surface area contributed by atoms with Crippen LogP contribution < -0.4 is 10.6 Å². The van der Waals surface area contributed by atoms with Crippen molar-refractivity contribution in [2.24, 2.45) is 11.8 Å². The zero-order chi connectivity index (χ0) is 14.3. The summed E-state index contributed by atoms with van der Waals surface area (Å²) in [7, 11) is 0. The van der Waals surface area contributed by atoms with Crippen molar-refractivity contribution in [3.8, 4) is 0 Å². The van der Waals surface area contributed by atoms with Crippen LogP contribution in [0.2, 0.25) is 0 Å². The number of ether oxygens (including phenoxy) is 1. The Hall–Kier alpha value is -0.810. The van der Waals surface area contributed by atoms with Crippen LogP contribution in [0.1, 0.15) is 27.7 Å². The summed E-state index contributed by atoms with van der Waals surface area (Å²) in [5.74, 6) is 0.995. The van der Waals surface area contributed by atoms with E-state index < -0.39 is 0 Å². The number of carbonyl (C=O) groups is 1. The fourth-order valence-corrected chi connectivity index (χ4v) is 2.25. The second-order valence-corrected chi connectivity index (χ2v) is 5.94. The quantitative estimate of drug-likeness (QED) is 0.765. The van der Waals surface area contributed by atoms with E-state index in [9.17, 15) is 4.79 Å². The fourth-order valence-electron chi connectivity index (χ4n) is 2.25. The summed E-state index contributed by atoms with van der Waals surface area (Å²) in [6, 6.07) is 0.321. The van der Waals surface area contributed by atoms with Crippen molar-refractivity contribution in [3.05, 3.63) is 0 Å². The highest BCUT2D eigenvalue weighted by Gasteiger charge is 2.24. The molecule has 1 saturated heterocycles. The molecule has 1 heterocycles. The van der Waals surface area contributed by atoms with E-state index in [1.807, 2.05) is 0 Å². The molecule has 5 heteroatoms. The van der Waals surface area contributed by atoms with Gasteiger partial charge in [0.25, 0.3) is 0 Å². The molecule has 1 fully saturated rings. The highest BCUT2D eigenvalue weighted by atomic mass is 16.5. The summed E-state index contributed by atoms with van der Waals surface area (Å²) in [5, 5.41) is 5.87. The zero-order valence-corrected chi connectivity index (χ0v) is 12.7. The minimum absolute atomic E-state index is 0.0624. The maximum Gasteiger partial charge on any atom is 0.314 e. The molecule has 5 nitrogen and oxygen atoms in total. The van der Waals surface area contributed by atoms with Gasteiger partial charge in [-0.3, -0.25) is 4.90 Å². The van der Waals surface area contributed by atoms with Crippen molar-refractivity contribution in [3.63, 3.8) is 0 Å². The minimum Gasteiger partial charge on any atom is -0.379 e. The normalized spacial score (nSPS) is 18.6. The first-order valence-electron chi connectivity index (χ1n) is 7.34. The van der Waals surface area contributed by atoms with Crippen LogP contribution in [0.25, 0.3) is 0 Å². The van der Waals surface area contributed by atoms with Gasteiger partial charge in [-0.1, -0.05) is 27.7 Å². The number of hydrogen-bond acceptors (Lipinski definition) is 3. The Bertz CT molecular complexity index is 263. The smallest absolute Gasteiger partial charge is 0.314 e. The van der Waals surface area contributed by atoms with Crippen molar-refractivity contribution < 1.29 is 9.53 Å². The lowest BCUT2D eigenvalue weighted by Gasteiger charge is -2.36. The van der Waals surface area contributed by atoms with E-state index in [-0.39, 0.29) is 6.03 Å². The van der Waals surface area contributed by atoms with Crippen LogP contribution in [0.3, 0.4) is 0 Å². The predicted octanol–water partition coefficient (Wildman–Crippen LogP) is 1.30. The third-order valence-electron chi connectivity index (χ3n) is 3.43. The topological polar surface area (TPSA) is 53.6 Å². The maximum absolute atomic E-state index is 11.7. The second kappa shape index (κ2) is 8.38. The summed E-state index contributed by atoms with van der Waals surface area (Å²) in [6.45, 7) is 13.5. The predicted molar refractivity (Wildman–Crippen MR) is 77.3 cm³/mol. The minimum atomic E-state index is -0.0624. The van der Waals surface area contributed by atoms with Crippen LogP contribution in [0, 0.1) is 11.8 Å². The highest BCUT2D eigenvalue weighted by molar-refractivity contribution is 5.73. The van der Waals surface area contributed by atoms with E-state index in [0.29, 0.717) is 24.4 Å². The molecule has 1 unspecified atom stereocenters. The largest absolute Gasteiger partial charge is 0.379 e. The summed E-state index contributed by atoms with van der Waals surface area (Å²) in [4.78, 5) is 14.1. The van der Waals surface area contributed by atoms with Crippen LogP contribution in [-0.2, 0) is 4.74 Å². The number of morpholine rings is 1. The monoisotopic (exact) mass is 271 g/mol. The molecule has 1 atom stereocenters. The molecule has 112 valence electrons. The lowest BCUT2D eigenvalue weighted by Crippen LogP contribution is -2.52. The standard InChI is InChI=1S/C14H29N3O2/c1-11(2)9-15-14(18)16-10-13(12(3)4)17-5-7-19-8-6-17/h11-13H,5-10H2,1-4H3,(H2,15,16,18). The summed E-state index contributed by atoms with van der Waals surface area (Å²) >= 11 is 0. The van der Waals surface area contributed by atoms with E-state index in [2.05, 4.69) is 43.2 Å². The Morgan fingerprint density at radius 1 is 1.11 bits per heavy atom. The van der Waals surface area contributed by atoms with Crippen LogP contribution in [0.5, 0.6) is 0 Å². The van der Waals surface area contributed by atoms with E-state index in [1.54, 1.807) is 0 Å². The van der Waals surface area contributed by atoms with E-state index in [0.717, 1.165) is 32.8 Å². The van der Waals surface area contributed by atoms with Gasteiger partial charge < -0.3 is 15.4 Å². The van der Waals surface area contributed by atoms with Gasteiger partial charge in [0.15, 0.2) is 0 Å². The molecular formula is C14H29N3O2. The third-order valence-corrected chi connectivity index (χ3v) is 3.43. The molecule has 0 bridgehead atoms. The zero-order valence-electron chi connectivity index (χ0n) is 12.7. The van der Waals surface area contributed by atoms with Crippen LogP contribution >= 0.6 is 0 Å². The molecule has 0 radical (unpaired) electrons. The molecule has 0 spiro atoms. The number of rotatable bonds is 6. The number of urea groups is 1. The average Bonchev–Trinajstić information content (AvgIpc) is 2.37. The van der Waals surface area contributed by atoms with Crippen molar-refractivity contribution in [1.29, 1.82) is 0 Å². The molecule has 0 aromatic heterocycles. The first-order valence-corrected chi connectivity index (χ1v) is 7.34. The summed E-state index contributed by atoms with van der Waals surface area (Å²) in [5.41, 5.74) is 0. The van der Waals surface area contributed by atoms with Gasteiger partial charge in [0, 0.05) is 32.2 Å². The van der Waals surface area contributed by atoms with Gasteiger partial charge in [-0.15, -0.1) is 0 Å². The molecule has 0 saturated carbocycles. The summed E-state index contributed by atoms with van der Waals surface area (Å²) < 4.78 is 5.38. The molecule has 0 aromatic rings. The first kappa shape index (κ1) is 16.2. The molecule has 1 rings (SSSR count). The molecular weight excluding hydrogens is 242 g/mol. The van der Waals surface area contributed by atoms with E-state index in [4.69, 9.17) is 4.74 Å². The van der Waals surface area contributed by atoms with Gasteiger partial charge in [-0.05, 0) is 11.8 Å². The Labute approximate surface area is 117 Å². The van der Waals surface area contributed by atoms with E-state index in [1.165, 1.54) is 0 Å². The molecule has 2 N–H and O–H groups in total. The lowest BCUT2D eigenvalue weighted by molar-refractivity contribution is 0.00719. The number of nitrogens with one attached hydrogen (secondary N) is 2. The van der Waals surface area contributed by atoms with Crippen molar-refractivity contribution in [1.82, 2.24) is 15.5 Å². The molecule has 0 aliphatic carbocycles. The number of carbonyl (C=O) groups excluding carboxylic acids is 1. The van der Waals surface area contributed by atoms with Crippen LogP contribution in [-0.4, -0.2) is 56.4 Å².